The third-order valence-electron chi connectivity index (χ3n) is 3.85. The average molecular weight is 393 g/mol. The molecule has 4 aromatic rings. The molecule has 5 nitrogen and oxygen atoms in total. The van der Waals surface area contributed by atoms with Crippen LogP contribution in [0.4, 0.5) is 5.13 Å². The second-order valence-corrected chi connectivity index (χ2v) is 6.81. The number of carbonyl (C=O) groups is 1. The summed E-state index contributed by atoms with van der Waals surface area (Å²) in [6.07, 6.45) is 1.70. The maximum Gasteiger partial charge on any atom is 0.259 e. The first-order valence-electron chi connectivity index (χ1n) is 8.12. The Balaban J connectivity index is 1.58. The van der Waals surface area contributed by atoms with E-state index in [4.69, 9.17) is 11.6 Å². The van der Waals surface area contributed by atoms with Crippen LogP contribution in [-0.4, -0.2) is 20.2 Å². The molecule has 0 bridgehead atoms. The van der Waals surface area contributed by atoms with Gasteiger partial charge >= 0.3 is 0 Å². The van der Waals surface area contributed by atoms with Crippen molar-refractivity contribution in [3.63, 3.8) is 0 Å². The highest BCUT2D eigenvalue weighted by Crippen LogP contribution is 2.26. The van der Waals surface area contributed by atoms with E-state index in [1.807, 2.05) is 54.6 Å². The number of benzene rings is 2. The Morgan fingerprint density at radius 2 is 1.78 bits per heavy atom. The van der Waals surface area contributed by atoms with Gasteiger partial charge in [-0.2, -0.15) is 9.36 Å². The molecular formula is C20H13ClN4OS. The molecule has 1 N–H and O–H groups in total. The Kier molecular flexibility index (Phi) is 4.91. The zero-order valence-corrected chi connectivity index (χ0v) is 15.5. The monoisotopic (exact) mass is 392 g/mol. The van der Waals surface area contributed by atoms with E-state index in [0.29, 0.717) is 21.5 Å². The van der Waals surface area contributed by atoms with Crippen molar-refractivity contribution in [2.24, 2.45) is 0 Å². The molecule has 0 aliphatic carbocycles. The van der Waals surface area contributed by atoms with Gasteiger partial charge in [-0.05, 0) is 24.3 Å². The fourth-order valence-corrected chi connectivity index (χ4v) is 3.32. The van der Waals surface area contributed by atoms with Gasteiger partial charge in [-0.15, -0.1) is 0 Å². The van der Waals surface area contributed by atoms with Crippen molar-refractivity contribution in [2.45, 2.75) is 0 Å². The summed E-state index contributed by atoms with van der Waals surface area (Å²) in [5, 5.41) is 3.55. The van der Waals surface area contributed by atoms with E-state index in [2.05, 4.69) is 19.7 Å². The summed E-state index contributed by atoms with van der Waals surface area (Å²) in [4.78, 5) is 21.4. The van der Waals surface area contributed by atoms with Gasteiger partial charge in [0.25, 0.3) is 5.91 Å². The van der Waals surface area contributed by atoms with Crippen molar-refractivity contribution in [1.29, 1.82) is 0 Å². The number of anilines is 1. The molecule has 2 aromatic carbocycles. The van der Waals surface area contributed by atoms with E-state index >= 15 is 0 Å². The summed E-state index contributed by atoms with van der Waals surface area (Å²) in [6.45, 7) is 0. The Morgan fingerprint density at radius 1 is 0.963 bits per heavy atom. The van der Waals surface area contributed by atoms with Gasteiger partial charge in [0.05, 0.1) is 16.3 Å². The van der Waals surface area contributed by atoms with Crippen molar-refractivity contribution >= 4 is 34.2 Å². The van der Waals surface area contributed by atoms with Crippen LogP contribution in [-0.2, 0) is 0 Å². The van der Waals surface area contributed by atoms with Gasteiger partial charge in [-0.25, -0.2) is 0 Å². The second kappa shape index (κ2) is 7.65. The van der Waals surface area contributed by atoms with E-state index < -0.39 is 0 Å². The zero-order valence-electron chi connectivity index (χ0n) is 14.0. The quantitative estimate of drug-likeness (QED) is 0.520. The fraction of sp³-hybridized carbons (Fsp3) is 0. The van der Waals surface area contributed by atoms with E-state index in [1.54, 1.807) is 18.3 Å². The lowest BCUT2D eigenvalue weighted by atomic mass is 10.1. The molecule has 4 rings (SSSR count). The van der Waals surface area contributed by atoms with Gasteiger partial charge < -0.3 is 0 Å². The molecule has 0 saturated carbocycles. The van der Waals surface area contributed by atoms with Gasteiger partial charge in [0.2, 0.25) is 5.13 Å². The van der Waals surface area contributed by atoms with E-state index in [1.165, 1.54) is 0 Å². The third kappa shape index (κ3) is 3.86. The summed E-state index contributed by atoms with van der Waals surface area (Å²) in [5.74, 6) is 0.234. The molecule has 0 saturated heterocycles. The third-order valence-corrected chi connectivity index (χ3v) is 4.81. The van der Waals surface area contributed by atoms with Crippen molar-refractivity contribution in [3.05, 3.63) is 83.5 Å². The zero-order chi connectivity index (χ0) is 18.6. The van der Waals surface area contributed by atoms with Gasteiger partial charge in [0.1, 0.15) is 0 Å². The maximum absolute atomic E-state index is 12.7. The number of amides is 1. The van der Waals surface area contributed by atoms with Crippen LogP contribution in [0.2, 0.25) is 5.02 Å². The van der Waals surface area contributed by atoms with Crippen LogP contribution in [0.5, 0.6) is 0 Å². The predicted octanol–water partition coefficient (Wildman–Crippen LogP) is 5.17. The number of nitrogens with one attached hydrogen (secondary N) is 1. The molecular weight excluding hydrogens is 380 g/mol. The van der Waals surface area contributed by atoms with Crippen molar-refractivity contribution < 1.29 is 4.79 Å². The number of hydrogen-bond donors (Lipinski definition) is 1. The first kappa shape index (κ1) is 17.3. The standard InChI is InChI=1S/C20H13ClN4OS/c21-16-10-9-14(17-8-4-5-11-22-17)12-15(16)19(26)24-20-23-18(25-27-20)13-6-2-1-3-7-13/h1-12H,(H,23,24,25,26). The molecule has 0 aliphatic heterocycles. The predicted molar refractivity (Wildman–Crippen MR) is 108 cm³/mol. The fourth-order valence-electron chi connectivity index (χ4n) is 2.54. The van der Waals surface area contributed by atoms with Crippen LogP contribution < -0.4 is 5.32 Å². The minimum atomic E-state index is -0.339. The van der Waals surface area contributed by atoms with E-state index in [9.17, 15) is 4.79 Å². The molecule has 0 unspecified atom stereocenters. The summed E-state index contributed by atoms with van der Waals surface area (Å²) in [7, 11) is 0. The number of hydrogen-bond acceptors (Lipinski definition) is 5. The van der Waals surface area contributed by atoms with Crippen LogP contribution in [0, 0.1) is 0 Å². The lowest BCUT2D eigenvalue weighted by Crippen LogP contribution is -2.12. The van der Waals surface area contributed by atoms with Gasteiger partial charge in [-0.3, -0.25) is 15.1 Å². The van der Waals surface area contributed by atoms with Crippen LogP contribution in [0.15, 0.2) is 72.9 Å². The molecule has 0 radical (unpaired) electrons. The van der Waals surface area contributed by atoms with Gasteiger partial charge in [0, 0.05) is 28.9 Å². The molecule has 1 amide bonds. The molecule has 132 valence electrons. The van der Waals surface area contributed by atoms with Crippen LogP contribution in [0.3, 0.4) is 0 Å². The van der Waals surface area contributed by atoms with E-state index in [0.717, 1.165) is 28.4 Å². The average Bonchev–Trinajstić information content (AvgIpc) is 3.18. The highest BCUT2D eigenvalue weighted by molar-refractivity contribution is 7.10. The minimum absolute atomic E-state index is 0.339. The lowest BCUT2D eigenvalue weighted by molar-refractivity contribution is 0.102. The van der Waals surface area contributed by atoms with Crippen molar-refractivity contribution in [3.8, 4) is 22.6 Å². The summed E-state index contributed by atoms with van der Waals surface area (Å²) in [6, 6.07) is 20.4. The first-order chi connectivity index (χ1) is 13.2. The topological polar surface area (TPSA) is 67.8 Å². The number of aromatic nitrogens is 3. The van der Waals surface area contributed by atoms with Crippen LogP contribution >= 0.6 is 23.1 Å². The molecule has 0 fully saturated rings. The number of halogens is 1. The largest absolute Gasteiger partial charge is 0.297 e. The highest BCUT2D eigenvalue weighted by Gasteiger charge is 2.15. The molecule has 0 aliphatic rings. The molecule has 7 heteroatoms. The Bertz CT molecular complexity index is 1080. The minimum Gasteiger partial charge on any atom is -0.297 e. The van der Waals surface area contributed by atoms with Crippen LogP contribution in [0.25, 0.3) is 22.6 Å². The first-order valence-corrected chi connectivity index (χ1v) is 9.27. The van der Waals surface area contributed by atoms with Crippen molar-refractivity contribution in [2.75, 3.05) is 5.32 Å². The van der Waals surface area contributed by atoms with Gasteiger partial charge in [0.15, 0.2) is 5.82 Å². The molecule has 0 spiro atoms. The second-order valence-electron chi connectivity index (χ2n) is 5.65. The summed E-state index contributed by atoms with van der Waals surface area (Å²) < 4.78 is 4.29. The Hall–Kier alpha value is -3.09. The van der Waals surface area contributed by atoms with Gasteiger partial charge in [-0.1, -0.05) is 54.1 Å². The summed E-state index contributed by atoms with van der Waals surface area (Å²) >= 11 is 7.36. The highest BCUT2D eigenvalue weighted by atomic mass is 35.5. The number of nitrogens with zero attached hydrogens (tertiary/aromatic N) is 3. The molecule has 2 heterocycles. The number of carbonyl (C=O) groups excluding carboxylic acids is 1. The summed E-state index contributed by atoms with van der Waals surface area (Å²) in [5.41, 5.74) is 2.83. The van der Waals surface area contributed by atoms with Crippen LogP contribution in [0.1, 0.15) is 10.4 Å². The molecule has 0 atom stereocenters. The normalized spacial score (nSPS) is 10.6. The Morgan fingerprint density at radius 3 is 2.56 bits per heavy atom. The Labute approximate surface area is 164 Å². The molecule has 2 aromatic heterocycles. The maximum atomic E-state index is 12.7. The lowest BCUT2D eigenvalue weighted by Gasteiger charge is -2.07. The molecule has 27 heavy (non-hydrogen) atoms. The number of pyridine rings is 1. The van der Waals surface area contributed by atoms with E-state index in [-0.39, 0.29) is 5.91 Å². The smallest absolute Gasteiger partial charge is 0.259 e. The SMILES string of the molecule is O=C(Nc1nc(-c2ccccc2)ns1)c1cc(-c2ccccn2)ccc1Cl. The van der Waals surface area contributed by atoms with Crippen molar-refractivity contribution in [1.82, 2.24) is 14.3 Å². The number of rotatable bonds is 4.